The third kappa shape index (κ3) is 2.90. The van der Waals surface area contributed by atoms with Crippen molar-refractivity contribution in [2.24, 2.45) is 0 Å². The number of fused-ring (bicyclic) bond motifs is 2. The van der Waals surface area contributed by atoms with E-state index in [0.717, 1.165) is 38.9 Å². The molecule has 0 saturated heterocycles. The fraction of sp³-hybridized carbons (Fsp3) is 0.0435. The number of hydrogen-bond acceptors (Lipinski definition) is 5. The molecule has 0 aliphatic heterocycles. The van der Waals surface area contributed by atoms with Gasteiger partial charge in [0.05, 0.1) is 24.7 Å². The van der Waals surface area contributed by atoms with Crippen LogP contribution < -0.4 is 4.74 Å². The Morgan fingerprint density at radius 1 is 0.938 bits per heavy atom. The Labute approximate surface area is 180 Å². The molecule has 0 saturated carbocycles. The molecule has 0 atom stereocenters. The van der Waals surface area contributed by atoms with Gasteiger partial charge in [-0.3, -0.25) is 10.2 Å². The molecule has 0 unspecified atom stereocenters. The maximum absolute atomic E-state index is 14.1. The minimum Gasteiger partial charge on any atom is -0.497 e. The number of H-pyrrole nitrogens is 3. The van der Waals surface area contributed by atoms with Crippen LogP contribution in [0.2, 0.25) is 0 Å². The quantitative estimate of drug-likeness (QED) is 0.379. The Hall–Kier alpha value is -4.53. The van der Waals surface area contributed by atoms with Crippen LogP contribution >= 0.6 is 0 Å². The summed E-state index contributed by atoms with van der Waals surface area (Å²) >= 11 is 0. The second-order valence-corrected chi connectivity index (χ2v) is 7.36. The van der Waals surface area contributed by atoms with Crippen LogP contribution in [0.1, 0.15) is 0 Å². The summed E-state index contributed by atoms with van der Waals surface area (Å²) in [4.78, 5) is 12.3. The number of ether oxygens (including phenoxy) is 1. The lowest BCUT2D eigenvalue weighted by Crippen LogP contribution is -1.88. The molecule has 5 heterocycles. The van der Waals surface area contributed by atoms with Crippen LogP contribution in [0.5, 0.6) is 5.75 Å². The highest BCUT2D eigenvalue weighted by molar-refractivity contribution is 5.99. The predicted molar refractivity (Wildman–Crippen MR) is 119 cm³/mol. The highest BCUT2D eigenvalue weighted by atomic mass is 19.1. The first-order chi connectivity index (χ1) is 15.7. The van der Waals surface area contributed by atoms with Crippen molar-refractivity contribution in [1.29, 1.82) is 0 Å². The van der Waals surface area contributed by atoms with Gasteiger partial charge in [0.15, 0.2) is 5.65 Å². The second-order valence-electron chi connectivity index (χ2n) is 7.36. The van der Waals surface area contributed by atoms with Crippen LogP contribution in [0.4, 0.5) is 4.39 Å². The minimum absolute atomic E-state index is 0.363. The number of nitrogens with one attached hydrogen (secondary N) is 3. The molecule has 5 aromatic heterocycles. The van der Waals surface area contributed by atoms with Gasteiger partial charge in [-0.25, -0.2) is 14.4 Å². The van der Waals surface area contributed by atoms with Crippen molar-refractivity contribution in [3.05, 3.63) is 67.0 Å². The molecule has 3 N–H and O–H groups in total. The van der Waals surface area contributed by atoms with Crippen LogP contribution in [0, 0.1) is 5.82 Å². The third-order valence-electron chi connectivity index (χ3n) is 5.46. The number of aromatic nitrogens is 7. The molecular weight excluding hydrogens is 409 g/mol. The van der Waals surface area contributed by atoms with Crippen LogP contribution in [0.15, 0.2) is 61.2 Å². The molecule has 32 heavy (non-hydrogen) atoms. The van der Waals surface area contributed by atoms with Gasteiger partial charge in [0, 0.05) is 46.6 Å². The minimum atomic E-state index is -0.363. The number of nitrogens with zero attached hydrogens (tertiary/aromatic N) is 4. The maximum atomic E-state index is 14.1. The molecular formula is C23H16FN7O. The van der Waals surface area contributed by atoms with Crippen LogP contribution in [0.25, 0.3) is 55.7 Å². The zero-order valence-electron chi connectivity index (χ0n) is 16.8. The standard InChI is InChI=1S/C23H16FN7O/c1-32-16-5-12(4-15(24)7-16)17-2-3-25-22-18(17)8-20(29-22)21-19-6-13(14-10-27-28-11-14)9-26-23(19)31-30-21/h2-11H,1H3,(H,25,29)(H,27,28)(H,26,30,31). The lowest BCUT2D eigenvalue weighted by molar-refractivity contribution is 0.411. The van der Waals surface area contributed by atoms with Crippen molar-refractivity contribution in [1.82, 2.24) is 35.3 Å². The van der Waals surface area contributed by atoms with Gasteiger partial charge < -0.3 is 9.72 Å². The number of pyridine rings is 2. The first-order valence-electron chi connectivity index (χ1n) is 9.86. The molecule has 0 radical (unpaired) electrons. The van der Waals surface area contributed by atoms with Gasteiger partial charge in [0.2, 0.25) is 0 Å². The lowest BCUT2D eigenvalue weighted by Gasteiger charge is -2.06. The van der Waals surface area contributed by atoms with E-state index in [9.17, 15) is 4.39 Å². The Kier molecular flexibility index (Phi) is 4.00. The normalized spacial score (nSPS) is 11.4. The Morgan fingerprint density at radius 2 is 1.88 bits per heavy atom. The average molecular weight is 425 g/mol. The van der Waals surface area contributed by atoms with Crippen molar-refractivity contribution in [3.8, 4) is 39.4 Å². The Morgan fingerprint density at radius 3 is 2.72 bits per heavy atom. The topological polar surface area (TPSA) is 108 Å². The van der Waals surface area contributed by atoms with Crippen molar-refractivity contribution in [3.63, 3.8) is 0 Å². The van der Waals surface area contributed by atoms with E-state index >= 15 is 0 Å². The van der Waals surface area contributed by atoms with Gasteiger partial charge in [-0.1, -0.05) is 0 Å². The second kappa shape index (κ2) is 7.02. The maximum Gasteiger partial charge on any atom is 0.181 e. The fourth-order valence-electron chi connectivity index (χ4n) is 3.92. The smallest absolute Gasteiger partial charge is 0.181 e. The third-order valence-corrected chi connectivity index (χ3v) is 5.46. The molecule has 0 aliphatic rings. The number of rotatable bonds is 4. The molecule has 6 aromatic rings. The summed E-state index contributed by atoms with van der Waals surface area (Å²) in [6.07, 6.45) is 7.02. The van der Waals surface area contributed by atoms with Gasteiger partial charge in [0.25, 0.3) is 0 Å². The molecule has 8 nitrogen and oxygen atoms in total. The molecule has 0 amide bonds. The summed E-state index contributed by atoms with van der Waals surface area (Å²) in [6.45, 7) is 0. The van der Waals surface area contributed by atoms with Gasteiger partial charge in [-0.15, -0.1) is 0 Å². The summed E-state index contributed by atoms with van der Waals surface area (Å²) in [5.74, 6) is 0.0932. The van der Waals surface area contributed by atoms with Crippen LogP contribution in [-0.4, -0.2) is 42.5 Å². The number of aromatic amines is 3. The summed E-state index contributed by atoms with van der Waals surface area (Å²) in [5.41, 5.74) is 6.30. The summed E-state index contributed by atoms with van der Waals surface area (Å²) in [5, 5.41) is 16.0. The molecule has 156 valence electrons. The van der Waals surface area contributed by atoms with E-state index in [1.807, 2.05) is 24.4 Å². The van der Waals surface area contributed by atoms with E-state index in [0.29, 0.717) is 22.6 Å². The van der Waals surface area contributed by atoms with Gasteiger partial charge in [-0.2, -0.15) is 10.2 Å². The predicted octanol–water partition coefficient (Wildman–Crippen LogP) is 4.71. The number of hydrogen-bond donors (Lipinski definition) is 3. The molecule has 0 spiro atoms. The summed E-state index contributed by atoms with van der Waals surface area (Å²) in [7, 11) is 1.52. The molecule has 9 heteroatoms. The zero-order valence-corrected chi connectivity index (χ0v) is 16.8. The Balaban J connectivity index is 1.51. The zero-order chi connectivity index (χ0) is 21.7. The number of halogens is 1. The molecule has 0 aliphatic carbocycles. The Bertz CT molecular complexity index is 1580. The SMILES string of the molecule is COc1cc(F)cc(-c2ccnc3[nH]c(-c4[nH]nc5ncc(-c6cn[nH]c6)cc45)cc23)c1. The van der Waals surface area contributed by atoms with E-state index in [2.05, 4.69) is 35.3 Å². The molecule has 0 bridgehead atoms. The number of benzene rings is 1. The van der Waals surface area contributed by atoms with Crippen molar-refractivity contribution in [2.45, 2.75) is 0 Å². The van der Waals surface area contributed by atoms with E-state index < -0.39 is 0 Å². The molecule has 6 rings (SSSR count). The number of methoxy groups -OCH3 is 1. The average Bonchev–Trinajstić information content (AvgIpc) is 3.56. The van der Waals surface area contributed by atoms with Gasteiger partial charge in [0.1, 0.15) is 17.2 Å². The fourth-order valence-corrected chi connectivity index (χ4v) is 3.92. The van der Waals surface area contributed by atoms with Gasteiger partial charge >= 0.3 is 0 Å². The highest BCUT2D eigenvalue weighted by Crippen LogP contribution is 2.35. The summed E-state index contributed by atoms with van der Waals surface area (Å²) < 4.78 is 19.4. The van der Waals surface area contributed by atoms with E-state index in [-0.39, 0.29) is 5.82 Å². The van der Waals surface area contributed by atoms with Crippen molar-refractivity contribution >= 4 is 22.1 Å². The molecule has 1 aromatic carbocycles. The largest absolute Gasteiger partial charge is 0.497 e. The van der Waals surface area contributed by atoms with Gasteiger partial charge in [-0.05, 0) is 41.5 Å². The van der Waals surface area contributed by atoms with Crippen molar-refractivity contribution < 1.29 is 9.13 Å². The highest BCUT2D eigenvalue weighted by Gasteiger charge is 2.16. The first-order valence-corrected chi connectivity index (χ1v) is 9.86. The monoisotopic (exact) mass is 425 g/mol. The summed E-state index contributed by atoms with van der Waals surface area (Å²) in [6, 6.07) is 10.5. The van der Waals surface area contributed by atoms with Crippen molar-refractivity contribution in [2.75, 3.05) is 7.11 Å². The van der Waals surface area contributed by atoms with Crippen LogP contribution in [0.3, 0.4) is 0 Å². The first kappa shape index (κ1) is 18.3. The van der Waals surface area contributed by atoms with E-state index in [1.165, 1.54) is 19.2 Å². The molecule has 0 fully saturated rings. The lowest BCUT2D eigenvalue weighted by atomic mass is 10.0. The van der Waals surface area contributed by atoms with E-state index in [1.54, 1.807) is 24.7 Å². The van der Waals surface area contributed by atoms with E-state index in [4.69, 9.17) is 4.74 Å². The van der Waals surface area contributed by atoms with Crippen LogP contribution in [-0.2, 0) is 0 Å².